The van der Waals surface area contributed by atoms with Crippen LogP contribution in [-0.4, -0.2) is 14.2 Å². The van der Waals surface area contributed by atoms with Gasteiger partial charge in [0.1, 0.15) is 0 Å². The lowest BCUT2D eigenvalue weighted by Crippen LogP contribution is -2.39. The molecule has 1 saturated carbocycles. The molecule has 1 aromatic carbocycles. The third-order valence-corrected chi connectivity index (χ3v) is 4.41. The number of halogens is 2. The Morgan fingerprint density at radius 2 is 1.74 bits per heavy atom. The number of rotatable bonds is 3. The standard InChI is InChI=1S/C14H19BrFNO2/c1-18-12-9(14(17)6-4-3-5-7-14)8-10(15)13(19-2)11(12)16/h8H,3-7,17H2,1-2H3. The van der Waals surface area contributed by atoms with Crippen molar-refractivity contribution in [3.8, 4) is 11.5 Å². The van der Waals surface area contributed by atoms with Crippen LogP contribution in [0.2, 0.25) is 0 Å². The highest BCUT2D eigenvalue weighted by Crippen LogP contribution is 2.45. The van der Waals surface area contributed by atoms with Gasteiger partial charge in [-0.3, -0.25) is 0 Å². The van der Waals surface area contributed by atoms with Gasteiger partial charge in [-0.15, -0.1) is 0 Å². The Balaban J connectivity index is 2.56. The van der Waals surface area contributed by atoms with E-state index in [9.17, 15) is 4.39 Å². The van der Waals surface area contributed by atoms with E-state index in [1.165, 1.54) is 20.6 Å². The van der Waals surface area contributed by atoms with Crippen molar-refractivity contribution in [2.45, 2.75) is 37.6 Å². The minimum atomic E-state index is -0.515. The predicted molar refractivity (Wildman–Crippen MR) is 76.2 cm³/mol. The predicted octanol–water partition coefficient (Wildman–Crippen LogP) is 3.72. The van der Waals surface area contributed by atoms with Crippen molar-refractivity contribution < 1.29 is 13.9 Å². The highest BCUT2D eigenvalue weighted by atomic mass is 79.9. The van der Waals surface area contributed by atoms with Gasteiger partial charge in [0.15, 0.2) is 11.5 Å². The summed E-state index contributed by atoms with van der Waals surface area (Å²) in [5.41, 5.74) is 6.69. The third kappa shape index (κ3) is 2.58. The van der Waals surface area contributed by atoms with E-state index in [1.54, 1.807) is 0 Å². The summed E-state index contributed by atoms with van der Waals surface area (Å²) in [5.74, 6) is -0.144. The molecule has 1 aromatic rings. The molecular weight excluding hydrogens is 313 g/mol. The fourth-order valence-electron chi connectivity index (χ4n) is 2.79. The van der Waals surface area contributed by atoms with E-state index in [4.69, 9.17) is 15.2 Å². The van der Waals surface area contributed by atoms with Crippen LogP contribution in [0, 0.1) is 5.82 Å². The molecule has 106 valence electrons. The Bertz CT molecular complexity index is 473. The molecule has 0 bridgehead atoms. The van der Waals surface area contributed by atoms with Crippen molar-refractivity contribution in [3.05, 3.63) is 21.9 Å². The first-order valence-electron chi connectivity index (χ1n) is 6.43. The van der Waals surface area contributed by atoms with Crippen LogP contribution in [0.1, 0.15) is 37.7 Å². The van der Waals surface area contributed by atoms with Crippen LogP contribution in [0.4, 0.5) is 4.39 Å². The molecule has 0 aliphatic heterocycles. The summed E-state index contributed by atoms with van der Waals surface area (Å²) >= 11 is 3.34. The van der Waals surface area contributed by atoms with Gasteiger partial charge in [-0.2, -0.15) is 4.39 Å². The molecule has 3 nitrogen and oxygen atoms in total. The quantitative estimate of drug-likeness (QED) is 0.917. The number of hydrogen-bond donors (Lipinski definition) is 1. The van der Waals surface area contributed by atoms with Crippen LogP contribution in [-0.2, 0) is 5.54 Å². The molecule has 1 aliphatic rings. The number of methoxy groups -OCH3 is 2. The van der Waals surface area contributed by atoms with Crippen LogP contribution in [0.5, 0.6) is 11.5 Å². The summed E-state index contributed by atoms with van der Waals surface area (Å²) in [6.45, 7) is 0. The zero-order chi connectivity index (χ0) is 14.0. The number of hydrogen-bond acceptors (Lipinski definition) is 3. The maximum atomic E-state index is 14.4. The topological polar surface area (TPSA) is 44.5 Å². The SMILES string of the molecule is COc1c(Br)cc(C2(N)CCCCC2)c(OC)c1F. The summed E-state index contributed by atoms with van der Waals surface area (Å²) in [7, 11) is 2.89. The lowest BCUT2D eigenvalue weighted by molar-refractivity contribution is 0.280. The van der Waals surface area contributed by atoms with E-state index in [-0.39, 0.29) is 11.5 Å². The number of nitrogens with two attached hydrogens (primary N) is 1. The Hall–Kier alpha value is -0.810. The zero-order valence-electron chi connectivity index (χ0n) is 11.3. The molecule has 0 heterocycles. The van der Waals surface area contributed by atoms with Gasteiger partial charge in [0, 0.05) is 11.1 Å². The molecule has 0 spiro atoms. The largest absolute Gasteiger partial charge is 0.493 e. The molecule has 0 amide bonds. The second-order valence-corrected chi connectivity index (χ2v) is 5.86. The molecule has 0 unspecified atom stereocenters. The maximum absolute atomic E-state index is 14.4. The molecule has 2 N–H and O–H groups in total. The minimum Gasteiger partial charge on any atom is -0.493 e. The smallest absolute Gasteiger partial charge is 0.208 e. The number of ether oxygens (including phenoxy) is 2. The summed E-state index contributed by atoms with van der Waals surface area (Å²) in [4.78, 5) is 0. The van der Waals surface area contributed by atoms with E-state index in [0.717, 1.165) is 31.2 Å². The van der Waals surface area contributed by atoms with Gasteiger partial charge in [0.05, 0.1) is 18.7 Å². The van der Waals surface area contributed by atoms with E-state index >= 15 is 0 Å². The van der Waals surface area contributed by atoms with Crippen LogP contribution in [0.3, 0.4) is 0 Å². The van der Waals surface area contributed by atoms with Crippen LogP contribution in [0.25, 0.3) is 0 Å². The summed E-state index contributed by atoms with van der Waals surface area (Å²) in [6, 6.07) is 1.83. The van der Waals surface area contributed by atoms with Gasteiger partial charge in [0.2, 0.25) is 5.82 Å². The Morgan fingerprint density at radius 1 is 1.16 bits per heavy atom. The van der Waals surface area contributed by atoms with E-state index < -0.39 is 11.4 Å². The molecule has 0 atom stereocenters. The van der Waals surface area contributed by atoms with Gasteiger partial charge in [0.25, 0.3) is 0 Å². The maximum Gasteiger partial charge on any atom is 0.208 e. The van der Waals surface area contributed by atoms with Crippen molar-refractivity contribution in [2.24, 2.45) is 5.73 Å². The third-order valence-electron chi connectivity index (χ3n) is 3.82. The summed E-state index contributed by atoms with van der Waals surface area (Å²) in [5, 5.41) is 0. The fraction of sp³-hybridized carbons (Fsp3) is 0.571. The van der Waals surface area contributed by atoms with Crippen LogP contribution < -0.4 is 15.2 Å². The lowest BCUT2D eigenvalue weighted by Gasteiger charge is -2.35. The molecule has 0 saturated heterocycles. The van der Waals surface area contributed by atoms with Crippen molar-refractivity contribution >= 4 is 15.9 Å². The molecule has 19 heavy (non-hydrogen) atoms. The van der Waals surface area contributed by atoms with Crippen molar-refractivity contribution in [1.29, 1.82) is 0 Å². The molecule has 1 fully saturated rings. The van der Waals surface area contributed by atoms with Crippen LogP contribution >= 0.6 is 15.9 Å². The lowest BCUT2D eigenvalue weighted by atomic mass is 9.77. The average molecular weight is 332 g/mol. The van der Waals surface area contributed by atoms with Crippen LogP contribution in [0.15, 0.2) is 10.5 Å². The number of benzene rings is 1. The second-order valence-electron chi connectivity index (χ2n) is 5.00. The first-order valence-corrected chi connectivity index (χ1v) is 7.22. The van der Waals surface area contributed by atoms with E-state index in [1.807, 2.05) is 6.07 Å². The Kier molecular flexibility index (Phi) is 4.36. The normalized spacial score (nSPS) is 18.2. The Labute approximate surface area is 121 Å². The molecule has 2 rings (SSSR count). The molecule has 0 aromatic heterocycles. The fourth-order valence-corrected chi connectivity index (χ4v) is 3.36. The molecular formula is C14H19BrFNO2. The van der Waals surface area contributed by atoms with Crippen molar-refractivity contribution in [1.82, 2.24) is 0 Å². The first kappa shape index (κ1) is 14.6. The Morgan fingerprint density at radius 3 is 2.26 bits per heavy atom. The average Bonchev–Trinajstić information content (AvgIpc) is 2.39. The molecule has 5 heteroatoms. The second kappa shape index (κ2) is 5.67. The molecule has 1 aliphatic carbocycles. The van der Waals surface area contributed by atoms with Crippen molar-refractivity contribution in [2.75, 3.05) is 14.2 Å². The summed E-state index contributed by atoms with van der Waals surface area (Å²) in [6.07, 6.45) is 5.00. The van der Waals surface area contributed by atoms with Gasteiger partial charge in [-0.25, -0.2) is 0 Å². The molecule has 0 radical (unpaired) electrons. The van der Waals surface area contributed by atoms with Gasteiger partial charge in [-0.1, -0.05) is 19.3 Å². The van der Waals surface area contributed by atoms with Gasteiger partial charge >= 0.3 is 0 Å². The monoisotopic (exact) mass is 331 g/mol. The zero-order valence-corrected chi connectivity index (χ0v) is 12.8. The van der Waals surface area contributed by atoms with Crippen molar-refractivity contribution in [3.63, 3.8) is 0 Å². The first-order chi connectivity index (χ1) is 9.03. The minimum absolute atomic E-state index is 0.153. The van der Waals surface area contributed by atoms with Gasteiger partial charge < -0.3 is 15.2 Å². The van der Waals surface area contributed by atoms with E-state index in [0.29, 0.717) is 4.47 Å². The summed E-state index contributed by atoms with van der Waals surface area (Å²) < 4.78 is 25.2. The van der Waals surface area contributed by atoms with E-state index in [2.05, 4.69) is 15.9 Å². The highest BCUT2D eigenvalue weighted by Gasteiger charge is 2.35. The van der Waals surface area contributed by atoms with Gasteiger partial charge in [-0.05, 0) is 34.8 Å². The highest BCUT2D eigenvalue weighted by molar-refractivity contribution is 9.10.